The van der Waals surface area contributed by atoms with Crippen molar-refractivity contribution in [2.75, 3.05) is 0 Å². The van der Waals surface area contributed by atoms with Gasteiger partial charge in [0.25, 0.3) is 0 Å². The van der Waals surface area contributed by atoms with Crippen molar-refractivity contribution in [1.29, 1.82) is 5.26 Å². The molecule has 0 fully saturated rings. The van der Waals surface area contributed by atoms with E-state index in [0.29, 0.717) is 17.2 Å². The zero-order valence-corrected chi connectivity index (χ0v) is 20.2. The number of halogens is 3. The molecule has 29 heavy (non-hydrogen) atoms. The van der Waals surface area contributed by atoms with Gasteiger partial charge >= 0.3 is 0 Å². The fourth-order valence-corrected chi connectivity index (χ4v) is 4.74. The summed E-state index contributed by atoms with van der Waals surface area (Å²) in [6.45, 7) is 0.717. The third-order valence-corrected chi connectivity index (χ3v) is 5.81. The molecule has 0 atom stereocenters. The van der Waals surface area contributed by atoms with Crippen LogP contribution in [0.3, 0.4) is 0 Å². The normalized spacial score (nSPS) is 10.7. The highest BCUT2D eigenvalue weighted by Crippen LogP contribution is 2.29. The highest BCUT2D eigenvalue weighted by Gasteiger charge is 2.09. The van der Waals surface area contributed by atoms with Gasteiger partial charge in [-0.3, -0.25) is 0 Å². The standard InChI is InChI=1S/C22H15ClI2N2O2/c23-19-7-5-15(6-8-19)13-28-22-20(24)9-16(10-21(22)25)12-27-29-14-18-4-2-1-3-17(18)11-26/h1-10,12H,13-14H2/b27-12-. The Bertz CT molecular complexity index is 1040. The predicted octanol–water partition coefficient (Wildman–Crippen LogP) is 6.55. The summed E-state index contributed by atoms with van der Waals surface area (Å²) in [5.74, 6) is 0.835. The van der Waals surface area contributed by atoms with Crippen LogP contribution in [0.15, 0.2) is 65.8 Å². The van der Waals surface area contributed by atoms with Gasteiger partial charge in [-0.2, -0.15) is 5.26 Å². The SMILES string of the molecule is N#Cc1ccccc1CO/N=C\c1cc(I)c(OCc2ccc(Cl)cc2)c(I)c1. The number of nitrogens with zero attached hydrogens (tertiary/aromatic N) is 2. The van der Waals surface area contributed by atoms with Crippen LogP contribution in [-0.2, 0) is 18.1 Å². The van der Waals surface area contributed by atoms with E-state index in [1.807, 2.05) is 54.6 Å². The average Bonchev–Trinajstić information content (AvgIpc) is 2.72. The fraction of sp³-hybridized carbons (Fsp3) is 0.0909. The van der Waals surface area contributed by atoms with Gasteiger partial charge in [-0.15, -0.1) is 0 Å². The summed E-state index contributed by atoms with van der Waals surface area (Å²) in [7, 11) is 0. The molecule has 7 heteroatoms. The van der Waals surface area contributed by atoms with E-state index in [4.69, 9.17) is 26.4 Å². The first-order chi connectivity index (χ1) is 14.1. The van der Waals surface area contributed by atoms with Crippen LogP contribution < -0.4 is 4.74 Å². The van der Waals surface area contributed by atoms with Crippen molar-refractivity contribution in [2.24, 2.45) is 5.16 Å². The van der Waals surface area contributed by atoms with Crippen LogP contribution >= 0.6 is 56.8 Å². The number of benzene rings is 3. The van der Waals surface area contributed by atoms with E-state index in [2.05, 4.69) is 56.4 Å². The van der Waals surface area contributed by atoms with Gasteiger partial charge in [0.05, 0.1) is 25.0 Å². The van der Waals surface area contributed by atoms with Gasteiger partial charge in [0.15, 0.2) is 0 Å². The number of ether oxygens (including phenoxy) is 1. The largest absolute Gasteiger partial charge is 0.487 e. The summed E-state index contributed by atoms with van der Waals surface area (Å²) in [6, 6.07) is 21.0. The first-order valence-electron chi connectivity index (χ1n) is 8.56. The molecule has 0 aliphatic rings. The van der Waals surface area contributed by atoms with E-state index in [1.54, 1.807) is 12.3 Å². The van der Waals surface area contributed by atoms with Crippen LogP contribution in [0.4, 0.5) is 0 Å². The Morgan fingerprint density at radius 3 is 2.38 bits per heavy atom. The third-order valence-electron chi connectivity index (χ3n) is 3.95. The van der Waals surface area contributed by atoms with Crippen LogP contribution in [0.2, 0.25) is 5.02 Å². The van der Waals surface area contributed by atoms with Gasteiger partial charge in [0.2, 0.25) is 0 Å². The second-order valence-corrected chi connectivity index (χ2v) is 8.77. The van der Waals surface area contributed by atoms with Crippen LogP contribution in [0.25, 0.3) is 0 Å². The zero-order chi connectivity index (χ0) is 20.6. The molecule has 3 rings (SSSR count). The van der Waals surface area contributed by atoms with E-state index in [1.165, 1.54) is 0 Å². The Morgan fingerprint density at radius 2 is 1.69 bits per heavy atom. The summed E-state index contributed by atoms with van der Waals surface area (Å²) in [5.41, 5.74) is 3.36. The van der Waals surface area contributed by atoms with Crippen molar-refractivity contribution in [3.8, 4) is 11.8 Å². The highest BCUT2D eigenvalue weighted by molar-refractivity contribution is 14.1. The molecule has 3 aromatic carbocycles. The molecule has 0 saturated carbocycles. The third kappa shape index (κ3) is 6.32. The molecule has 4 nitrogen and oxygen atoms in total. The van der Waals surface area contributed by atoms with E-state index in [-0.39, 0.29) is 6.61 Å². The summed E-state index contributed by atoms with van der Waals surface area (Å²) >= 11 is 10.4. The van der Waals surface area contributed by atoms with E-state index in [0.717, 1.165) is 29.6 Å². The molecule has 0 aliphatic carbocycles. The Morgan fingerprint density at radius 1 is 1.00 bits per heavy atom. The Labute approximate surface area is 201 Å². The molecule has 0 aromatic heterocycles. The minimum Gasteiger partial charge on any atom is -0.487 e. The van der Waals surface area contributed by atoms with Crippen molar-refractivity contribution >= 4 is 63.0 Å². The molecule has 0 radical (unpaired) electrons. The zero-order valence-electron chi connectivity index (χ0n) is 15.1. The van der Waals surface area contributed by atoms with Crippen LogP contribution in [-0.4, -0.2) is 6.21 Å². The van der Waals surface area contributed by atoms with E-state index >= 15 is 0 Å². The molecule has 0 N–H and O–H groups in total. The van der Waals surface area contributed by atoms with Gasteiger partial charge in [-0.1, -0.05) is 47.1 Å². The molecule has 0 amide bonds. The van der Waals surface area contributed by atoms with Crippen molar-refractivity contribution in [3.05, 3.63) is 95.1 Å². The van der Waals surface area contributed by atoms with Crippen LogP contribution in [0, 0.1) is 18.5 Å². The molecule has 0 bridgehead atoms. The molecule has 146 valence electrons. The average molecular weight is 629 g/mol. The number of hydrogen-bond donors (Lipinski definition) is 0. The lowest BCUT2D eigenvalue weighted by molar-refractivity contribution is 0.132. The minimum atomic E-state index is 0.247. The molecule has 0 heterocycles. The van der Waals surface area contributed by atoms with Gasteiger partial charge in [-0.05, 0) is 86.6 Å². The number of hydrogen-bond acceptors (Lipinski definition) is 4. The minimum absolute atomic E-state index is 0.247. The molecule has 0 spiro atoms. The lowest BCUT2D eigenvalue weighted by Gasteiger charge is -2.11. The summed E-state index contributed by atoms with van der Waals surface area (Å²) < 4.78 is 7.96. The molecule has 3 aromatic rings. The quantitative estimate of drug-likeness (QED) is 0.170. The number of rotatable bonds is 7. The Hall–Kier alpha value is -1.83. The van der Waals surface area contributed by atoms with Crippen LogP contribution in [0.1, 0.15) is 22.3 Å². The smallest absolute Gasteiger partial charge is 0.146 e. The maximum absolute atomic E-state index is 9.11. The summed E-state index contributed by atoms with van der Waals surface area (Å²) in [4.78, 5) is 5.36. The number of oxime groups is 1. The van der Waals surface area contributed by atoms with E-state index < -0.39 is 0 Å². The number of nitriles is 1. The predicted molar refractivity (Wildman–Crippen MR) is 131 cm³/mol. The lowest BCUT2D eigenvalue weighted by atomic mass is 10.1. The highest BCUT2D eigenvalue weighted by atomic mass is 127. The second kappa shape index (κ2) is 10.8. The van der Waals surface area contributed by atoms with Crippen molar-refractivity contribution < 1.29 is 9.57 Å². The van der Waals surface area contributed by atoms with Crippen molar-refractivity contribution in [3.63, 3.8) is 0 Å². The Balaban J connectivity index is 1.61. The topological polar surface area (TPSA) is 54.6 Å². The van der Waals surface area contributed by atoms with Gasteiger partial charge in [0.1, 0.15) is 19.0 Å². The van der Waals surface area contributed by atoms with Crippen molar-refractivity contribution in [1.82, 2.24) is 0 Å². The summed E-state index contributed by atoms with van der Waals surface area (Å²) in [6.07, 6.45) is 1.66. The van der Waals surface area contributed by atoms with Crippen LogP contribution in [0.5, 0.6) is 5.75 Å². The first kappa shape index (κ1) is 21.9. The molecule has 0 aliphatic heterocycles. The molecular formula is C22H15ClI2N2O2. The van der Waals surface area contributed by atoms with Gasteiger partial charge in [-0.25, -0.2) is 0 Å². The van der Waals surface area contributed by atoms with Crippen molar-refractivity contribution in [2.45, 2.75) is 13.2 Å². The first-order valence-corrected chi connectivity index (χ1v) is 11.1. The maximum Gasteiger partial charge on any atom is 0.146 e. The second-order valence-electron chi connectivity index (χ2n) is 6.01. The summed E-state index contributed by atoms with van der Waals surface area (Å²) in [5, 5.41) is 13.8. The molecule has 0 unspecified atom stereocenters. The maximum atomic E-state index is 9.11. The van der Waals surface area contributed by atoms with Gasteiger partial charge in [0, 0.05) is 10.6 Å². The van der Waals surface area contributed by atoms with E-state index in [9.17, 15) is 0 Å². The Kier molecular flexibility index (Phi) is 8.15. The molecular weight excluding hydrogens is 614 g/mol. The monoisotopic (exact) mass is 628 g/mol. The molecule has 0 saturated heterocycles. The van der Waals surface area contributed by atoms with Gasteiger partial charge < -0.3 is 9.57 Å². The lowest BCUT2D eigenvalue weighted by Crippen LogP contribution is -2.00. The fourth-order valence-electron chi connectivity index (χ4n) is 2.49.